The Morgan fingerprint density at radius 1 is 1.16 bits per heavy atom. The van der Waals surface area contributed by atoms with Crippen LogP contribution in [0.25, 0.3) is 0 Å². The summed E-state index contributed by atoms with van der Waals surface area (Å²) in [6.07, 6.45) is 3.50. The zero-order chi connectivity index (χ0) is 22.5. The lowest BCUT2D eigenvalue weighted by Crippen LogP contribution is -2.21. The van der Waals surface area contributed by atoms with Crippen molar-refractivity contribution in [3.05, 3.63) is 89.2 Å². The van der Waals surface area contributed by atoms with Crippen molar-refractivity contribution in [1.82, 2.24) is 0 Å². The molecular formula is C25H22N2O5. The standard InChI is InChI=1S/C25H22N2O5/c1-2-3-11-29-17-7-4-6-16(13-17)25(28)31-18-9-10-19-22(14-18)32-24(27)20(15-26)23(19)21-8-5-12-30-21/h4-10,12-14,23H,2-3,11,27H2,1H3. The fraction of sp³-hybridized carbons (Fsp3) is 0.200. The summed E-state index contributed by atoms with van der Waals surface area (Å²) < 4.78 is 22.4. The molecule has 0 aliphatic carbocycles. The number of fused-ring (bicyclic) bond motifs is 1. The summed E-state index contributed by atoms with van der Waals surface area (Å²) in [4.78, 5) is 12.7. The van der Waals surface area contributed by atoms with Crippen LogP contribution in [0.3, 0.4) is 0 Å². The SMILES string of the molecule is CCCCOc1cccc(C(=O)Oc2ccc3c(c2)OC(N)=C(C#N)C3c2ccco2)c1. The fourth-order valence-corrected chi connectivity index (χ4v) is 3.46. The van der Waals surface area contributed by atoms with Crippen molar-refractivity contribution in [2.75, 3.05) is 6.61 Å². The van der Waals surface area contributed by atoms with Crippen LogP contribution < -0.4 is 19.9 Å². The highest BCUT2D eigenvalue weighted by molar-refractivity contribution is 5.91. The van der Waals surface area contributed by atoms with Gasteiger partial charge in [0.2, 0.25) is 5.88 Å². The van der Waals surface area contributed by atoms with Gasteiger partial charge >= 0.3 is 5.97 Å². The van der Waals surface area contributed by atoms with Gasteiger partial charge in [0.05, 0.1) is 24.4 Å². The van der Waals surface area contributed by atoms with Gasteiger partial charge in [0, 0.05) is 11.6 Å². The number of rotatable bonds is 7. The first-order valence-electron chi connectivity index (χ1n) is 10.3. The molecule has 0 bridgehead atoms. The molecule has 7 nitrogen and oxygen atoms in total. The first kappa shape index (κ1) is 21.1. The van der Waals surface area contributed by atoms with Gasteiger partial charge in [-0.05, 0) is 42.8 Å². The molecule has 0 radical (unpaired) electrons. The molecule has 1 aliphatic heterocycles. The lowest BCUT2D eigenvalue weighted by molar-refractivity contribution is 0.0734. The Morgan fingerprint density at radius 2 is 2.03 bits per heavy atom. The number of furan rings is 1. The third-order valence-electron chi connectivity index (χ3n) is 5.07. The molecule has 1 aliphatic rings. The average molecular weight is 430 g/mol. The van der Waals surface area contributed by atoms with E-state index in [1.807, 2.05) is 0 Å². The maximum atomic E-state index is 12.7. The van der Waals surface area contributed by atoms with E-state index in [1.165, 1.54) is 6.26 Å². The van der Waals surface area contributed by atoms with Gasteiger partial charge in [0.1, 0.15) is 34.7 Å². The van der Waals surface area contributed by atoms with Gasteiger partial charge in [-0.2, -0.15) is 5.26 Å². The lowest BCUT2D eigenvalue weighted by Gasteiger charge is -2.25. The maximum absolute atomic E-state index is 12.7. The second-order valence-electron chi connectivity index (χ2n) is 7.26. The van der Waals surface area contributed by atoms with E-state index in [4.69, 9.17) is 24.4 Å². The molecule has 1 aromatic heterocycles. The van der Waals surface area contributed by atoms with Crippen LogP contribution in [-0.4, -0.2) is 12.6 Å². The van der Waals surface area contributed by atoms with Crippen LogP contribution >= 0.6 is 0 Å². The van der Waals surface area contributed by atoms with Gasteiger partial charge in [-0.25, -0.2) is 4.79 Å². The van der Waals surface area contributed by atoms with E-state index in [0.717, 1.165) is 12.8 Å². The maximum Gasteiger partial charge on any atom is 0.343 e. The van der Waals surface area contributed by atoms with Crippen LogP contribution in [0, 0.1) is 11.3 Å². The number of carbonyl (C=O) groups is 1. The quantitative estimate of drug-likeness (QED) is 0.323. The smallest absolute Gasteiger partial charge is 0.343 e. The third kappa shape index (κ3) is 4.30. The van der Waals surface area contributed by atoms with Crippen LogP contribution in [0.4, 0.5) is 0 Å². The number of hydrogen-bond donors (Lipinski definition) is 1. The molecule has 2 heterocycles. The Bertz CT molecular complexity index is 1190. The molecule has 32 heavy (non-hydrogen) atoms. The molecule has 2 aromatic carbocycles. The van der Waals surface area contributed by atoms with E-state index in [-0.39, 0.29) is 17.2 Å². The van der Waals surface area contributed by atoms with Crippen LogP contribution in [0.2, 0.25) is 0 Å². The molecule has 1 unspecified atom stereocenters. The normalized spacial score (nSPS) is 14.8. The molecule has 162 valence electrons. The van der Waals surface area contributed by atoms with Gasteiger partial charge in [-0.15, -0.1) is 0 Å². The Kier molecular flexibility index (Phi) is 6.13. The molecule has 0 amide bonds. The third-order valence-corrected chi connectivity index (χ3v) is 5.07. The monoisotopic (exact) mass is 430 g/mol. The van der Waals surface area contributed by atoms with E-state index < -0.39 is 11.9 Å². The number of carbonyl (C=O) groups excluding carboxylic acids is 1. The topological polar surface area (TPSA) is 108 Å². The van der Waals surface area contributed by atoms with Crippen molar-refractivity contribution in [3.63, 3.8) is 0 Å². The van der Waals surface area contributed by atoms with E-state index in [2.05, 4.69) is 13.0 Å². The summed E-state index contributed by atoms with van der Waals surface area (Å²) in [6, 6.07) is 17.4. The zero-order valence-corrected chi connectivity index (χ0v) is 17.5. The Labute approximate surface area is 185 Å². The summed E-state index contributed by atoms with van der Waals surface area (Å²) in [7, 11) is 0. The first-order valence-corrected chi connectivity index (χ1v) is 10.3. The predicted octanol–water partition coefficient (Wildman–Crippen LogP) is 4.90. The number of nitrogens with two attached hydrogens (primary N) is 1. The van der Waals surface area contributed by atoms with Gasteiger partial charge in [0.25, 0.3) is 0 Å². The van der Waals surface area contributed by atoms with E-state index >= 15 is 0 Å². The highest BCUT2D eigenvalue weighted by Gasteiger charge is 2.32. The van der Waals surface area contributed by atoms with E-state index in [9.17, 15) is 10.1 Å². The summed E-state index contributed by atoms with van der Waals surface area (Å²) in [6.45, 7) is 2.68. The van der Waals surface area contributed by atoms with Gasteiger partial charge in [0.15, 0.2) is 0 Å². The van der Waals surface area contributed by atoms with Gasteiger partial charge in [-0.1, -0.05) is 25.5 Å². The van der Waals surface area contributed by atoms with E-state index in [0.29, 0.717) is 35.0 Å². The summed E-state index contributed by atoms with van der Waals surface area (Å²) >= 11 is 0. The number of esters is 1. The Hall–Kier alpha value is -4.18. The highest BCUT2D eigenvalue weighted by Crippen LogP contribution is 2.43. The lowest BCUT2D eigenvalue weighted by atomic mass is 9.87. The van der Waals surface area contributed by atoms with Gasteiger partial charge in [-0.3, -0.25) is 0 Å². The molecule has 3 aromatic rings. The number of unbranched alkanes of at least 4 members (excludes halogenated alkanes) is 1. The molecule has 2 N–H and O–H groups in total. The second kappa shape index (κ2) is 9.31. The summed E-state index contributed by atoms with van der Waals surface area (Å²) in [5.74, 6) is 0.832. The Morgan fingerprint density at radius 3 is 2.78 bits per heavy atom. The summed E-state index contributed by atoms with van der Waals surface area (Å²) in [5.41, 5.74) is 7.31. The molecule has 0 saturated heterocycles. The van der Waals surface area contributed by atoms with E-state index in [1.54, 1.807) is 54.6 Å². The molecule has 7 heteroatoms. The van der Waals surface area contributed by atoms with Crippen LogP contribution in [0.5, 0.6) is 17.2 Å². The van der Waals surface area contributed by atoms with Crippen molar-refractivity contribution < 1.29 is 23.4 Å². The molecule has 0 fully saturated rings. The van der Waals surface area contributed by atoms with Crippen LogP contribution in [-0.2, 0) is 0 Å². The minimum atomic E-state index is -0.523. The van der Waals surface area contributed by atoms with Crippen LogP contribution in [0.15, 0.2) is 76.7 Å². The van der Waals surface area contributed by atoms with Crippen molar-refractivity contribution >= 4 is 5.97 Å². The Balaban J connectivity index is 1.56. The van der Waals surface area contributed by atoms with Crippen LogP contribution in [0.1, 0.15) is 47.4 Å². The van der Waals surface area contributed by atoms with Crippen molar-refractivity contribution in [2.24, 2.45) is 5.73 Å². The predicted molar refractivity (Wildman–Crippen MR) is 116 cm³/mol. The summed E-state index contributed by atoms with van der Waals surface area (Å²) in [5, 5.41) is 9.56. The number of hydrogen-bond acceptors (Lipinski definition) is 7. The van der Waals surface area contributed by atoms with Crippen molar-refractivity contribution in [3.8, 4) is 23.3 Å². The molecule has 0 spiro atoms. The zero-order valence-electron chi connectivity index (χ0n) is 17.5. The number of nitrogens with zero attached hydrogens (tertiary/aromatic N) is 1. The highest BCUT2D eigenvalue weighted by atomic mass is 16.5. The number of allylic oxidation sites excluding steroid dienone is 1. The number of ether oxygens (including phenoxy) is 3. The molecule has 1 atom stereocenters. The first-order chi connectivity index (χ1) is 15.6. The van der Waals surface area contributed by atoms with Crippen molar-refractivity contribution in [1.29, 1.82) is 5.26 Å². The van der Waals surface area contributed by atoms with Crippen molar-refractivity contribution in [2.45, 2.75) is 25.7 Å². The second-order valence-corrected chi connectivity index (χ2v) is 7.26. The average Bonchev–Trinajstić information content (AvgIpc) is 3.33. The van der Waals surface area contributed by atoms with Gasteiger partial charge < -0.3 is 24.4 Å². The fourth-order valence-electron chi connectivity index (χ4n) is 3.46. The number of nitriles is 1. The largest absolute Gasteiger partial charge is 0.494 e. The minimum absolute atomic E-state index is 0.0122. The molecule has 4 rings (SSSR count). The number of benzene rings is 2. The molecular weight excluding hydrogens is 408 g/mol. The molecule has 0 saturated carbocycles. The minimum Gasteiger partial charge on any atom is -0.494 e.